The zero-order valence-corrected chi connectivity index (χ0v) is 9.42. The fourth-order valence-electron chi connectivity index (χ4n) is 1.64. The van der Waals surface area contributed by atoms with Crippen LogP contribution in [0.25, 0.3) is 0 Å². The van der Waals surface area contributed by atoms with E-state index in [4.69, 9.17) is 10.5 Å². The molecule has 14 heavy (non-hydrogen) atoms. The summed E-state index contributed by atoms with van der Waals surface area (Å²) in [6.45, 7) is 6.18. The van der Waals surface area contributed by atoms with E-state index < -0.39 is 0 Å². The standard InChI is InChI=1S/C12H19NO/c1-8-6-12(14-4)9(2)5-11(8)7-10(3)13/h5-6,10H,7,13H2,1-4H3. The molecule has 0 bridgehead atoms. The Hall–Kier alpha value is -1.02. The summed E-state index contributed by atoms with van der Waals surface area (Å²) in [5.74, 6) is 0.955. The number of ether oxygens (including phenoxy) is 1. The van der Waals surface area contributed by atoms with Crippen LogP contribution in [0.1, 0.15) is 23.6 Å². The van der Waals surface area contributed by atoms with Crippen LogP contribution in [0.2, 0.25) is 0 Å². The Bertz CT molecular complexity index is 318. The summed E-state index contributed by atoms with van der Waals surface area (Å²) in [5.41, 5.74) is 9.53. The van der Waals surface area contributed by atoms with Crippen molar-refractivity contribution in [3.63, 3.8) is 0 Å². The molecule has 1 aromatic rings. The predicted octanol–water partition coefficient (Wildman–Crippen LogP) is 2.20. The van der Waals surface area contributed by atoms with E-state index in [1.165, 1.54) is 16.7 Å². The summed E-state index contributed by atoms with van der Waals surface area (Å²) >= 11 is 0. The Morgan fingerprint density at radius 3 is 2.43 bits per heavy atom. The maximum absolute atomic E-state index is 5.78. The lowest BCUT2D eigenvalue weighted by molar-refractivity contribution is 0.411. The van der Waals surface area contributed by atoms with Crippen LogP contribution < -0.4 is 10.5 Å². The zero-order valence-electron chi connectivity index (χ0n) is 9.42. The highest BCUT2D eigenvalue weighted by Crippen LogP contribution is 2.23. The van der Waals surface area contributed by atoms with Gasteiger partial charge in [-0.15, -0.1) is 0 Å². The van der Waals surface area contributed by atoms with Gasteiger partial charge in [-0.2, -0.15) is 0 Å². The average molecular weight is 193 g/mol. The molecule has 1 rings (SSSR count). The minimum Gasteiger partial charge on any atom is -0.496 e. The summed E-state index contributed by atoms with van der Waals surface area (Å²) < 4.78 is 5.25. The van der Waals surface area contributed by atoms with Crippen molar-refractivity contribution in [3.8, 4) is 5.75 Å². The Kier molecular flexibility index (Phi) is 3.53. The first-order chi connectivity index (χ1) is 6.54. The number of aryl methyl sites for hydroxylation is 2. The molecule has 0 fully saturated rings. The maximum Gasteiger partial charge on any atom is 0.122 e. The summed E-state index contributed by atoms with van der Waals surface area (Å²) in [5, 5.41) is 0. The first-order valence-electron chi connectivity index (χ1n) is 4.94. The molecule has 0 aromatic heterocycles. The normalized spacial score (nSPS) is 12.6. The smallest absolute Gasteiger partial charge is 0.122 e. The number of methoxy groups -OCH3 is 1. The van der Waals surface area contributed by atoms with Crippen molar-refractivity contribution in [2.24, 2.45) is 5.73 Å². The molecule has 2 heteroatoms. The first kappa shape index (κ1) is 11.1. The lowest BCUT2D eigenvalue weighted by Gasteiger charge is -2.12. The minimum atomic E-state index is 0.210. The van der Waals surface area contributed by atoms with Crippen LogP contribution in [-0.4, -0.2) is 13.2 Å². The molecule has 0 heterocycles. The van der Waals surface area contributed by atoms with Gasteiger partial charge in [-0.05, 0) is 49.9 Å². The highest BCUT2D eigenvalue weighted by molar-refractivity contribution is 5.41. The molecule has 78 valence electrons. The second-order valence-electron chi connectivity index (χ2n) is 3.93. The Morgan fingerprint density at radius 2 is 1.93 bits per heavy atom. The highest BCUT2D eigenvalue weighted by atomic mass is 16.5. The lowest BCUT2D eigenvalue weighted by atomic mass is 9.99. The molecule has 2 N–H and O–H groups in total. The van der Waals surface area contributed by atoms with E-state index in [0.29, 0.717) is 0 Å². The Morgan fingerprint density at radius 1 is 1.29 bits per heavy atom. The van der Waals surface area contributed by atoms with Crippen molar-refractivity contribution in [1.29, 1.82) is 0 Å². The quantitative estimate of drug-likeness (QED) is 0.798. The molecule has 0 aliphatic rings. The molecule has 0 saturated heterocycles. The fraction of sp³-hybridized carbons (Fsp3) is 0.500. The van der Waals surface area contributed by atoms with E-state index in [9.17, 15) is 0 Å². The number of hydrogen-bond donors (Lipinski definition) is 1. The van der Waals surface area contributed by atoms with Gasteiger partial charge < -0.3 is 10.5 Å². The zero-order chi connectivity index (χ0) is 10.7. The van der Waals surface area contributed by atoms with Crippen molar-refractivity contribution in [2.45, 2.75) is 33.2 Å². The van der Waals surface area contributed by atoms with E-state index in [0.717, 1.165) is 12.2 Å². The summed E-state index contributed by atoms with van der Waals surface area (Å²) in [6, 6.07) is 4.45. The van der Waals surface area contributed by atoms with E-state index >= 15 is 0 Å². The van der Waals surface area contributed by atoms with Gasteiger partial charge in [0, 0.05) is 6.04 Å². The molecule has 2 nitrogen and oxygen atoms in total. The van der Waals surface area contributed by atoms with Gasteiger partial charge >= 0.3 is 0 Å². The molecule has 1 aromatic carbocycles. The van der Waals surface area contributed by atoms with Gasteiger partial charge in [-0.1, -0.05) is 6.07 Å². The topological polar surface area (TPSA) is 35.2 Å². The molecule has 1 atom stereocenters. The van der Waals surface area contributed by atoms with Crippen LogP contribution in [0.15, 0.2) is 12.1 Å². The molecule has 0 aliphatic carbocycles. The van der Waals surface area contributed by atoms with E-state index in [2.05, 4.69) is 26.0 Å². The number of hydrogen-bond acceptors (Lipinski definition) is 2. The van der Waals surface area contributed by atoms with Crippen LogP contribution in [0.3, 0.4) is 0 Å². The minimum absolute atomic E-state index is 0.210. The molecule has 0 aliphatic heterocycles. The van der Waals surface area contributed by atoms with Crippen molar-refractivity contribution < 1.29 is 4.74 Å². The molecular weight excluding hydrogens is 174 g/mol. The van der Waals surface area contributed by atoms with Gasteiger partial charge in [0.1, 0.15) is 5.75 Å². The Balaban J connectivity index is 3.02. The third-order valence-corrected chi connectivity index (χ3v) is 2.40. The van der Waals surface area contributed by atoms with Crippen LogP contribution in [0, 0.1) is 13.8 Å². The van der Waals surface area contributed by atoms with Crippen LogP contribution in [0.5, 0.6) is 5.75 Å². The number of nitrogens with two attached hydrogens (primary N) is 1. The van der Waals surface area contributed by atoms with Crippen molar-refractivity contribution in [1.82, 2.24) is 0 Å². The fourth-order valence-corrected chi connectivity index (χ4v) is 1.64. The number of rotatable bonds is 3. The predicted molar refractivity (Wildman–Crippen MR) is 59.8 cm³/mol. The van der Waals surface area contributed by atoms with Crippen LogP contribution in [0.4, 0.5) is 0 Å². The molecule has 0 spiro atoms. The number of benzene rings is 1. The monoisotopic (exact) mass is 193 g/mol. The summed E-state index contributed by atoms with van der Waals surface area (Å²) in [4.78, 5) is 0. The van der Waals surface area contributed by atoms with E-state index in [-0.39, 0.29) is 6.04 Å². The lowest BCUT2D eigenvalue weighted by Crippen LogP contribution is -2.18. The Labute approximate surface area is 86.1 Å². The van der Waals surface area contributed by atoms with E-state index in [1.807, 2.05) is 6.92 Å². The average Bonchev–Trinajstić information content (AvgIpc) is 2.10. The van der Waals surface area contributed by atoms with Gasteiger partial charge in [0.2, 0.25) is 0 Å². The maximum atomic E-state index is 5.78. The second-order valence-corrected chi connectivity index (χ2v) is 3.93. The van der Waals surface area contributed by atoms with Gasteiger partial charge in [-0.3, -0.25) is 0 Å². The molecule has 0 radical (unpaired) electrons. The van der Waals surface area contributed by atoms with Crippen molar-refractivity contribution >= 4 is 0 Å². The third kappa shape index (κ3) is 2.48. The van der Waals surface area contributed by atoms with E-state index in [1.54, 1.807) is 7.11 Å². The summed E-state index contributed by atoms with van der Waals surface area (Å²) in [6.07, 6.45) is 0.927. The van der Waals surface area contributed by atoms with Crippen molar-refractivity contribution in [2.75, 3.05) is 7.11 Å². The first-order valence-corrected chi connectivity index (χ1v) is 4.94. The largest absolute Gasteiger partial charge is 0.496 e. The van der Waals surface area contributed by atoms with Crippen LogP contribution in [-0.2, 0) is 6.42 Å². The highest BCUT2D eigenvalue weighted by Gasteiger charge is 2.06. The second kappa shape index (κ2) is 4.47. The molecule has 0 saturated carbocycles. The molecule has 1 unspecified atom stereocenters. The SMILES string of the molecule is COc1cc(C)c(CC(C)N)cc1C. The van der Waals surface area contributed by atoms with Gasteiger partial charge in [0.15, 0.2) is 0 Å². The third-order valence-electron chi connectivity index (χ3n) is 2.40. The molecular formula is C12H19NO. The van der Waals surface area contributed by atoms with Gasteiger partial charge in [0.25, 0.3) is 0 Å². The van der Waals surface area contributed by atoms with Crippen molar-refractivity contribution in [3.05, 3.63) is 28.8 Å². The van der Waals surface area contributed by atoms with Gasteiger partial charge in [0.05, 0.1) is 7.11 Å². The van der Waals surface area contributed by atoms with Crippen LogP contribution >= 0.6 is 0 Å². The van der Waals surface area contributed by atoms with Gasteiger partial charge in [-0.25, -0.2) is 0 Å². The summed E-state index contributed by atoms with van der Waals surface area (Å²) in [7, 11) is 1.70. The molecule has 0 amide bonds.